The first-order chi connectivity index (χ1) is 14.4. The lowest BCUT2D eigenvalue weighted by Gasteiger charge is -2.42. The molecular formula is C25H29NO4. The fraction of sp³-hybridized carbons (Fsp3) is 0.440. The van der Waals surface area contributed by atoms with Gasteiger partial charge >= 0.3 is 12.1 Å². The van der Waals surface area contributed by atoms with Gasteiger partial charge < -0.3 is 15.2 Å². The first kappa shape index (κ1) is 20.5. The molecule has 5 heteroatoms. The van der Waals surface area contributed by atoms with Crippen LogP contribution in [0.1, 0.15) is 56.6 Å². The minimum absolute atomic E-state index is 0.0103. The predicted molar refractivity (Wildman–Crippen MR) is 115 cm³/mol. The number of amides is 1. The van der Waals surface area contributed by atoms with E-state index in [1.807, 2.05) is 24.3 Å². The molecule has 1 saturated carbocycles. The molecule has 30 heavy (non-hydrogen) atoms. The van der Waals surface area contributed by atoms with Gasteiger partial charge in [-0.15, -0.1) is 0 Å². The molecule has 5 nitrogen and oxygen atoms in total. The van der Waals surface area contributed by atoms with Crippen LogP contribution < -0.4 is 5.32 Å². The number of alkyl carbamates (subject to hydrolysis) is 1. The van der Waals surface area contributed by atoms with E-state index in [-0.39, 0.29) is 18.9 Å². The number of benzene rings is 2. The topological polar surface area (TPSA) is 75.6 Å². The third-order valence-corrected chi connectivity index (χ3v) is 6.96. The van der Waals surface area contributed by atoms with E-state index in [4.69, 9.17) is 4.74 Å². The monoisotopic (exact) mass is 407 g/mol. The summed E-state index contributed by atoms with van der Waals surface area (Å²) in [5.74, 6) is -0.0252. The second kappa shape index (κ2) is 8.13. The Morgan fingerprint density at radius 1 is 1.03 bits per heavy atom. The highest BCUT2D eigenvalue weighted by molar-refractivity contribution is 5.79. The van der Waals surface area contributed by atoms with E-state index in [2.05, 4.69) is 43.4 Å². The summed E-state index contributed by atoms with van der Waals surface area (Å²) in [5, 5.41) is 12.4. The zero-order chi connectivity index (χ0) is 21.3. The zero-order valence-electron chi connectivity index (χ0n) is 17.6. The molecule has 3 unspecified atom stereocenters. The van der Waals surface area contributed by atoms with Crippen LogP contribution in [0.5, 0.6) is 0 Å². The Hall–Kier alpha value is -2.82. The lowest BCUT2D eigenvalue weighted by atomic mass is 9.70. The highest BCUT2D eigenvalue weighted by Crippen LogP contribution is 2.44. The van der Waals surface area contributed by atoms with E-state index in [1.165, 1.54) is 11.1 Å². The number of carbonyl (C=O) groups is 2. The Bertz CT molecular complexity index is 910. The molecule has 1 fully saturated rings. The van der Waals surface area contributed by atoms with Crippen molar-refractivity contribution >= 4 is 12.1 Å². The van der Waals surface area contributed by atoms with Gasteiger partial charge in [-0.05, 0) is 53.4 Å². The second-order valence-corrected chi connectivity index (χ2v) is 9.00. The number of hydrogen-bond acceptors (Lipinski definition) is 3. The lowest BCUT2D eigenvalue weighted by Crippen LogP contribution is -2.53. The maximum absolute atomic E-state index is 12.7. The molecule has 2 aromatic carbocycles. The molecule has 2 aromatic rings. The molecule has 4 rings (SSSR count). The molecule has 0 heterocycles. The highest BCUT2D eigenvalue weighted by Gasteiger charge is 2.41. The normalized spacial score (nSPS) is 25.3. The molecule has 0 bridgehead atoms. The smallest absolute Gasteiger partial charge is 0.407 e. The van der Waals surface area contributed by atoms with Crippen LogP contribution in [0.25, 0.3) is 11.1 Å². The van der Waals surface area contributed by atoms with Crippen molar-refractivity contribution in [2.75, 3.05) is 6.61 Å². The standard InChI is InChI=1S/C25H29NO4/c1-16-11-12-25(13-17(16)2,14-23(27)28)26-24(29)30-15-22-20-9-5-3-7-18(20)19-8-4-6-10-21(19)22/h3-10,16-17,22H,11-15H2,1-2H3,(H,26,29)(H,27,28). The SMILES string of the molecule is CC1CCC(CC(=O)O)(NC(=O)OCC2c3ccccc3-c3ccccc32)CC1C. The van der Waals surface area contributed by atoms with Crippen LogP contribution >= 0.6 is 0 Å². The maximum atomic E-state index is 12.7. The van der Waals surface area contributed by atoms with E-state index in [1.54, 1.807) is 0 Å². The first-order valence-corrected chi connectivity index (χ1v) is 10.7. The van der Waals surface area contributed by atoms with E-state index in [0.29, 0.717) is 24.7 Å². The fourth-order valence-electron chi connectivity index (χ4n) is 5.17. The van der Waals surface area contributed by atoms with Crippen molar-refractivity contribution in [2.24, 2.45) is 11.8 Å². The minimum atomic E-state index is -0.893. The molecule has 0 spiro atoms. The van der Waals surface area contributed by atoms with Crippen molar-refractivity contribution in [3.8, 4) is 11.1 Å². The number of aliphatic carboxylic acids is 1. The quantitative estimate of drug-likeness (QED) is 0.715. The molecule has 2 aliphatic rings. The van der Waals surface area contributed by atoms with Gasteiger partial charge in [0.15, 0.2) is 0 Å². The van der Waals surface area contributed by atoms with Crippen molar-refractivity contribution in [2.45, 2.75) is 51.0 Å². The van der Waals surface area contributed by atoms with Gasteiger partial charge in [-0.2, -0.15) is 0 Å². The highest BCUT2D eigenvalue weighted by atomic mass is 16.5. The summed E-state index contributed by atoms with van der Waals surface area (Å²) >= 11 is 0. The lowest BCUT2D eigenvalue weighted by molar-refractivity contribution is -0.139. The van der Waals surface area contributed by atoms with Gasteiger partial charge in [-0.3, -0.25) is 4.79 Å². The van der Waals surface area contributed by atoms with E-state index >= 15 is 0 Å². The number of nitrogens with one attached hydrogen (secondary N) is 1. The third-order valence-electron chi connectivity index (χ3n) is 6.96. The summed E-state index contributed by atoms with van der Waals surface area (Å²) in [5.41, 5.74) is 3.94. The Labute approximate surface area is 177 Å². The van der Waals surface area contributed by atoms with Crippen molar-refractivity contribution < 1.29 is 19.4 Å². The van der Waals surface area contributed by atoms with Crippen LogP contribution in [-0.2, 0) is 9.53 Å². The van der Waals surface area contributed by atoms with Gasteiger partial charge in [0.2, 0.25) is 0 Å². The summed E-state index contributed by atoms with van der Waals surface area (Å²) in [4.78, 5) is 24.2. The van der Waals surface area contributed by atoms with E-state index in [0.717, 1.165) is 17.5 Å². The Morgan fingerprint density at radius 2 is 1.63 bits per heavy atom. The van der Waals surface area contributed by atoms with Gasteiger partial charge in [0.05, 0.1) is 12.0 Å². The molecule has 2 aliphatic carbocycles. The second-order valence-electron chi connectivity index (χ2n) is 9.00. The predicted octanol–water partition coefficient (Wildman–Crippen LogP) is 5.19. The van der Waals surface area contributed by atoms with Crippen molar-refractivity contribution in [3.05, 3.63) is 59.7 Å². The first-order valence-electron chi connectivity index (χ1n) is 10.7. The van der Waals surface area contributed by atoms with Crippen molar-refractivity contribution in [1.82, 2.24) is 5.32 Å². The Kier molecular flexibility index (Phi) is 5.54. The van der Waals surface area contributed by atoms with Crippen LogP contribution in [0, 0.1) is 11.8 Å². The molecule has 0 aromatic heterocycles. The number of ether oxygens (including phenoxy) is 1. The number of rotatable bonds is 5. The van der Waals surface area contributed by atoms with Gasteiger partial charge in [-0.25, -0.2) is 4.79 Å². The average molecular weight is 408 g/mol. The van der Waals surface area contributed by atoms with Crippen LogP contribution in [0.4, 0.5) is 4.79 Å². The van der Waals surface area contributed by atoms with Gasteiger partial charge in [0.25, 0.3) is 0 Å². The number of carboxylic acids is 1. The van der Waals surface area contributed by atoms with Gasteiger partial charge in [-0.1, -0.05) is 62.4 Å². The summed E-state index contributed by atoms with van der Waals surface area (Å²) in [6.07, 6.45) is 1.62. The maximum Gasteiger partial charge on any atom is 0.407 e. The summed E-state index contributed by atoms with van der Waals surface area (Å²) in [6.45, 7) is 4.54. The molecule has 3 atom stereocenters. The molecule has 1 amide bonds. The molecule has 0 aliphatic heterocycles. The van der Waals surface area contributed by atoms with E-state index < -0.39 is 17.6 Å². The Morgan fingerprint density at radius 3 is 2.20 bits per heavy atom. The fourth-order valence-corrected chi connectivity index (χ4v) is 5.17. The summed E-state index contributed by atoms with van der Waals surface area (Å²) < 4.78 is 5.67. The molecule has 158 valence electrons. The zero-order valence-corrected chi connectivity index (χ0v) is 17.6. The van der Waals surface area contributed by atoms with Gasteiger partial charge in [0, 0.05) is 5.92 Å². The van der Waals surface area contributed by atoms with Crippen LogP contribution in [-0.4, -0.2) is 29.3 Å². The number of carboxylic acid groups (broad SMARTS) is 1. The number of fused-ring (bicyclic) bond motifs is 3. The molecule has 2 N–H and O–H groups in total. The molecule has 0 saturated heterocycles. The molecular weight excluding hydrogens is 378 g/mol. The minimum Gasteiger partial charge on any atom is -0.481 e. The molecule has 0 radical (unpaired) electrons. The van der Waals surface area contributed by atoms with Crippen LogP contribution in [0.15, 0.2) is 48.5 Å². The summed E-state index contributed by atoms with van der Waals surface area (Å²) in [6, 6.07) is 16.4. The van der Waals surface area contributed by atoms with Crippen molar-refractivity contribution in [1.29, 1.82) is 0 Å². The van der Waals surface area contributed by atoms with E-state index in [9.17, 15) is 14.7 Å². The van der Waals surface area contributed by atoms with Crippen LogP contribution in [0.3, 0.4) is 0 Å². The Balaban J connectivity index is 1.47. The van der Waals surface area contributed by atoms with Gasteiger partial charge in [0.1, 0.15) is 6.61 Å². The van der Waals surface area contributed by atoms with Crippen molar-refractivity contribution in [3.63, 3.8) is 0 Å². The number of hydrogen-bond donors (Lipinski definition) is 2. The number of carbonyl (C=O) groups excluding carboxylic acids is 1. The van der Waals surface area contributed by atoms with Crippen LogP contribution in [0.2, 0.25) is 0 Å². The third kappa shape index (κ3) is 3.93. The summed E-state index contributed by atoms with van der Waals surface area (Å²) in [7, 11) is 0. The largest absolute Gasteiger partial charge is 0.481 e. The average Bonchev–Trinajstić information content (AvgIpc) is 3.03.